The van der Waals surface area contributed by atoms with Gasteiger partial charge in [-0.2, -0.15) is 0 Å². The third-order valence-electron chi connectivity index (χ3n) is 3.76. The van der Waals surface area contributed by atoms with Crippen LogP contribution in [-0.2, 0) is 0 Å². The summed E-state index contributed by atoms with van der Waals surface area (Å²) in [6.07, 6.45) is -1.12. The van der Waals surface area contributed by atoms with Crippen LogP contribution < -0.4 is 20.7 Å². The SMILES string of the molecule is COc1cccc(C(=O)NC(NC(=S)Nc2ccc(C(C)=O)cc2)C(Cl)(Cl)Cl)c1. The van der Waals surface area contributed by atoms with Crippen LogP contribution in [0.15, 0.2) is 48.5 Å². The number of methoxy groups -OCH3 is 1. The normalized spacial score (nSPS) is 11.9. The molecule has 2 aromatic carbocycles. The van der Waals surface area contributed by atoms with Gasteiger partial charge in [-0.3, -0.25) is 9.59 Å². The molecule has 2 rings (SSSR count). The Hall–Kier alpha value is -2.06. The predicted octanol–water partition coefficient (Wildman–Crippen LogP) is 4.31. The van der Waals surface area contributed by atoms with E-state index in [0.29, 0.717) is 22.6 Å². The number of hydrogen-bond donors (Lipinski definition) is 3. The Balaban J connectivity index is 2.07. The zero-order valence-electron chi connectivity index (χ0n) is 15.5. The Labute approximate surface area is 188 Å². The molecule has 29 heavy (non-hydrogen) atoms. The van der Waals surface area contributed by atoms with E-state index in [1.54, 1.807) is 48.5 Å². The summed E-state index contributed by atoms with van der Waals surface area (Å²) in [5.41, 5.74) is 1.51. The minimum Gasteiger partial charge on any atom is -0.497 e. The highest BCUT2D eigenvalue weighted by Crippen LogP contribution is 2.29. The van der Waals surface area contributed by atoms with Gasteiger partial charge < -0.3 is 20.7 Å². The molecule has 0 saturated carbocycles. The third kappa shape index (κ3) is 7.04. The summed E-state index contributed by atoms with van der Waals surface area (Å²) in [7, 11) is 1.50. The van der Waals surface area contributed by atoms with E-state index in [9.17, 15) is 9.59 Å². The Kier molecular flexibility index (Phi) is 8.10. The van der Waals surface area contributed by atoms with Gasteiger partial charge in [0.05, 0.1) is 7.11 Å². The van der Waals surface area contributed by atoms with Gasteiger partial charge in [0, 0.05) is 16.8 Å². The summed E-state index contributed by atoms with van der Waals surface area (Å²) in [5, 5.41) is 8.38. The first kappa shape index (κ1) is 23.2. The number of alkyl halides is 3. The van der Waals surface area contributed by atoms with Gasteiger partial charge in [-0.1, -0.05) is 40.9 Å². The molecular formula is C19H18Cl3N3O3S. The lowest BCUT2D eigenvalue weighted by molar-refractivity contribution is 0.0933. The highest BCUT2D eigenvalue weighted by atomic mass is 35.6. The predicted molar refractivity (Wildman–Crippen MR) is 120 cm³/mol. The van der Waals surface area contributed by atoms with Crippen LogP contribution in [0.3, 0.4) is 0 Å². The minimum absolute atomic E-state index is 0.0474. The van der Waals surface area contributed by atoms with E-state index in [4.69, 9.17) is 51.8 Å². The Morgan fingerprint density at radius 3 is 2.24 bits per heavy atom. The second kappa shape index (κ2) is 10.1. The van der Waals surface area contributed by atoms with Crippen molar-refractivity contribution in [2.45, 2.75) is 16.9 Å². The molecule has 0 aliphatic heterocycles. The maximum absolute atomic E-state index is 12.5. The van der Waals surface area contributed by atoms with E-state index in [-0.39, 0.29) is 10.9 Å². The summed E-state index contributed by atoms with van der Waals surface area (Å²) in [5.74, 6) is -0.0163. The van der Waals surface area contributed by atoms with Crippen molar-refractivity contribution < 1.29 is 14.3 Å². The molecule has 0 bridgehead atoms. The zero-order valence-corrected chi connectivity index (χ0v) is 18.5. The van der Waals surface area contributed by atoms with E-state index in [2.05, 4.69) is 16.0 Å². The van der Waals surface area contributed by atoms with Gasteiger partial charge in [0.15, 0.2) is 10.9 Å². The molecule has 6 nitrogen and oxygen atoms in total. The number of nitrogens with one attached hydrogen (secondary N) is 3. The third-order valence-corrected chi connectivity index (χ3v) is 4.63. The van der Waals surface area contributed by atoms with Crippen LogP contribution in [0.5, 0.6) is 5.75 Å². The average Bonchev–Trinajstić information content (AvgIpc) is 2.67. The molecule has 1 unspecified atom stereocenters. The van der Waals surface area contributed by atoms with E-state index >= 15 is 0 Å². The number of anilines is 1. The summed E-state index contributed by atoms with van der Waals surface area (Å²) < 4.78 is 3.22. The number of thiocarbonyl (C=S) groups is 1. The zero-order chi connectivity index (χ0) is 21.6. The molecule has 3 N–H and O–H groups in total. The molecule has 0 aliphatic carbocycles. The van der Waals surface area contributed by atoms with Crippen molar-refractivity contribution >= 4 is 69.5 Å². The van der Waals surface area contributed by atoms with Crippen molar-refractivity contribution in [3.63, 3.8) is 0 Å². The van der Waals surface area contributed by atoms with Crippen LogP contribution in [0.25, 0.3) is 0 Å². The lowest BCUT2D eigenvalue weighted by Gasteiger charge is -2.27. The number of halogens is 3. The van der Waals surface area contributed by atoms with Crippen molar-refractivity contribution in [1.82, 2.24) is 10.6 Å². The molecule has 10 heteroatoms. The molecule has 0 radical (unpaired) electrons. The van der Waals surface area contributed by atoms with Crippen molar-refractivity contribution in [3.05, 3.63) is 59.7 Å². The number of rotatable bonds is 6. The Morgan fingerprint density at radius 1 is 1.03 bits per heavy atom. The summed E-state index contributed by atoms with van der Waals surface area (Å²) in [6, 6.07) is 13.2. The first-order valence-electron chi connectivity index (χ1n) is 8.30. The molecule has 0 heterocycles. The van der Waals surface area contributed by atoms with Gasteiger partial charge >= 0.3 is 0 Å². The first-order valence-corrected chi connectivity index (χ1v) is 9.84. The van der Waals surface area contributed by atoms with Gasteiger partial charge in [-0.25, -0.2) is 0 Å². The number of hydrogen-bond acceptors (Lipinski definition) is 4. The molecule has 154 valence electrons. The largest absolute Gasteiger partial charge is 0.497 e. The second-order valence-corrected chi connectivity index (χ2v) is 8.69. The van der Waals surface area contributed by atoms with E-state index in [1.807, 2.05) is 0 Å². The number of benzene rings is 2. The molecule has 0 spiro atoms. The Bertz CT molecular complexity index is 902. The van der Waals surface area contributed by atoms with Crippen LogP contribution in [-0.4, -0.2) is 33.9 Å². The molecule has 2 aromatic rings. The number of carbonyl (C=O) groups is 2. The van der Waals surface area contributed by atoms with Crippen molar-refractivity contribution in [2.24, 2.45) is 0 Å². The van der Waals surface area contributed by atoms with Crippen molar-refractivity contribution in [3.8, 4) is 5.75 Å². The molecule has 1 atom stereocenters. The topological polar surface area (TPSA) is 79.5 Å². The molecule has 0 aromatic heterocycles. The smallest absolute Gasteiger partial charge is 0.253 e. The first-order chi connectivity index (χ1) is 13.6. The van der Waals surface area contributed by atoms with Crippen LogP contribution in [0.1, 0.15) is 27.6 Å². The fourth-order valence-electron chi connectivity index (χ4n) is 2.27. The molecule has 1 amide bonds. The van der Waals surface area contributed by atoms with Crippen molar-refractivity contribution in [1.29, 1.82) is 0 Å². The van der Waals surface area contributed by atoms with Gasteiger partial charge in [0.2, 0.25) is 3.79 Å². The number of Topliss-reactive ketones (excluding diaryl/α,β-unsaturated/α-hetero) is 1. The number of ketones is 1. The second-order valence-electron chi connectivity index (χ2n) is 5.91. The molecule has 0 fully saturated rings. The molecule has 0 saturated heterocycles. The maximum atomic E-state index is 12.5. The van der Waals surface area contributed by atoms with Crippen LogP contribution in [0.4, 0.5) is 5.69 Å². The van der Waals surface area contributed by atoms with Gasteiger partial charge in [0.25, 0.3) is 5.91 Å². The van der Waals surface area contributed by atoms with E-state index in [0.717, 1.165) is 0 Å². The number of ether oxygens (including phenoxy) is 1. The van der Waals surface area contributed by atoms with Crippen LogP contribution in [0, 0.1) is 0 Å². The quantitative estimate of drug-likeness (QED) is 0.251. The van der Waals surface area contributed by atoms with Crippen LogP contribution >= 0.6 is 47.0 Å². The highest BCUT2D eigenvalue weighted by molar-refractivity contribution is 7.80. The Morgan fingerprint density at radius 2 is 1.69 bits per heavy atom. The lowest BCUT2D eigenvalue weighted by atomic mass is 10.1. The number of amides is 1. The fraction of sp³-hybridized carbons (Fsp3) is 0.211. The van der Waals surface area contributed by atoms with Gasteiger partial charge in [0.1, 0.15) is 11.9 Å². The minimum atomic E-state index is -1.89. The summed E-state index contributed by atoms with van der Waals surface area (Å²) >= 11 is 23.2. The highest BCUT2D eigenvalue weighted by Gasteiger charge is 2.35. The summed E-state index contributed by atoms with van der Waals surface area (Å²) in [6.45, 7) is 1.48. The van der Waals surface area contributed by atoms with Crippen LogP contribution in [0.2, 0.25) is 0 Å². The average molecular weight is 475 g/mol. The lowest BCUT2D eigenvalue weighted by Crippen LogP contribution is -2.56. The van der Waals surface area contributed by atoms with E-state index < -0.39 is 15.9 Å². The van der Waals surface area contributed by atoms with Gasteiger partial charge in [-0.05, 0) is 61.6 Å². The maximum Gasteiger partial charge on any atom is 0.253 e. The standard InChI is InChI=1S/C19H18Cl3N3O3S/c1-11(26)12-6-8-14(9-7-12)23-18(29)25-17(19(20,21)22)24-16(27)13-4-3-5-15(10-13)28-2/h3-10,17H,1-2H3,(H,24,27)(H2,23,25,29). The van der Waals surface area contributed by atoms with Crippen molar-refractivity contribution in [2.75, 3.05) is 12.4 Å². The summed E-state index contributed by atoms with van der Waals surface area (Å²) in [4.78, 5) is 23.9. The molecule has 0 aliphatic rings. The fourth-order valence-corrected chi connectivity index (χ4v) is 2.83. The number of carbonyl (C=O) groups excluding carboxylic acids is 2. The van der Waals surface area contributed by atoms with Gasteiger partial charge in [-0.15, -0.1) is 0 Å². The monoisotopic (exact) mass is 473 g/mol. The molecular weight excluding hydrogens is 457 g/mol. The van der Waals surface area contributed by atoms with E-state index in [1.165, 1.54) is 14.0 Å².